The van der Waals surface area contributed by atoms with E-state index in [-0.39, 0.29) is 12.4 Å². The molecule has 0 fully saturated rings. The van der Waals surface area contributed by atoms with Crippen molar-refractivity contribution in [3.05, 3.63) is 86.2 Å². The molecule has 11 heteroatoms. The summed E-state index contributed by atoms with van der Waals surface area (Å²) in [5, 5.41) is 0. The average molecular weight is 817 g/mol. The number of rotatable bonds is 3. The van der Waals surface area contributed by atoms with Crippen molar-refractivity contribution >= 4 is 121 Å². The summed E-state index contributed by atoms with van der Waals surface area (Å²) in [7, 11) is 25.2. The Labute approximate surface area is 221 Å². The summed E-state index contributed by atoms with van der Waals surface area (Å²) in [4.78, 5) is 1.23. The van der Waals surface area contributed by atoms with Crippen LogP contribution in [0.25, 0.3) is 0 Å². The normalized spacial score (nSPS) is 12.2. The molecule has 0 aliphatic rings. The van der Waals surface area contributed by atoms with E-state index in [2.05, 4.69) is 121 Å². The van der Waals surface area contributed by atoms with Crippen LogP contribution in [0, 0.1) is 0 Å². The van der Waals surface area contributed by atoms with E-state index in [9.17, 15) is 0 Å². The molecule has 0 radical (unpaired) electrons. The van der Waals surface area contributed by atoms with Crippen LogP contribution in [0.2, 0.25) is 0 Å². The van der Waals surface area contributed by atoms with Crippen molar-refractivity contribution in [2.24, 2.45) is 0 Å². The van der Waals surface area contributed by atoms with Gasteiger partial charge in [0.25, 0.3) is 0 Å². The minimum absolute atomic E-state index is 0. The van der Waals surface area contributed by atoms with E-state index in [4.69, 9.17) is 44.1 Å². The predicted octanol–water partition coefficient (Wildman–Crippen LogP) is 6.22. The Morgan fingerprint density at radius 1 is 0.483 bits per heavy atom. The van der Waals surface area contributed by atoms with Crippen LogP contribution >= 0.6 is 91.9 Å². The van der Waals surface area contributed by atoms with Crippen LogP contribution < -0.4 is 17.3 Å². The van der Waals surface area contributed by atoms with Crippen molar-refractivity contribution in [2.45, 2.75) is 0 Å². The topological polar surface area (TPSA) is 4.44 Å². The zero-order chi connectivity index (χ0) is 21.0. The molecule has 0 aliphatic heterocycles. The molecule has 29 heavy (non-hydrogen) atoms. The Morgan fingerprint density at radius 2 is 0.655 bits per heavy atom. The number of benzene rings is 3. The van der Waals surface area contributed by atoms with E-state index >= 15 is 0 Å². The third-order valence-corrected chi connectivity index (χ3v) is 4.98. The number of halogens is 9. The third-order valence-electron chi connectivity index (χ3n) is 3.40. The molecular formula is C18H13Br3Cl6NSb. The van der Waals surface area contributed by atoms with Crippen LogP contribution in [-0.2, 0) is 0 Å². The fourth-order valence-electron chi connectivity index (χ4n) is 2.35. The minimum atomic E-state index is -4.33. The maximum atomic E-state index is 5.05. The molecule has 0 atom stereocenters. The molecule has 0 bridgehead atoms. The first-order valence-corrected chi connectivity index (χ1v) is 26.2. The SMILES string of the molecule is Brc1ccc([NH+](c2ccc(Br)cc2)c2ccc(Br)cc2)cc1.[Cl-].[Cl][Sb]([Cl])([Cl])([Cl])[Cl]. The molecule has 3 aromatic carbocycles. The monoisotopic (exact) mass is 811 g/mol. The number of nitrogens with one attached hydrogen (secondary N) is 1. The molecule has 0 aromatic heterocycles. The molecule has 0 saturated carbocycles. The van der Waals surface area contributed by atoms with Crippen LogP contribution in [0.1, 0.15) is 0 Å². The number of hydrogen-bond acceptors (Lipinski definition) is 0. The molecule has 1 nitrogen and oxygen atoms in total. The third kappa shape index (κ3) is 11.9. The van der Waals surface area contributed by atoms with Gasteiger partial charge in [0, 0.05) is 49.8 Å². The summed E-state index contributed by atoms with van der Waals surface area (Å²) in [6.45, 7) is 0. The first kappa shape index (κ1) is 28.7. The molecule has 0 spiro atoms. The Bertz CT molecular complexity index is 788. The van der Waals surface area contributed by atoms with Crippen LogP contribution in [0.5, 0.6) is 0 Å². The molecule has 3 rings (SSSR count). The zero-order valence-corrected chi connectivity index (χ0v) is 26.1. The second kappa shape index (κ2) is 12.2. The number of hydrogen-bond donors (Lipinski definition) is 1. The van der Waals surface area contributed by atoms with Crippen molar-refractivity contribution in [1.82, 2.24) is 0 Å². The molecule has 0 amide bonds. The molecule has 0 unspecified atom stereocenters. The van der Waals surface area contributed by atoms with Crippen molar-refractivity contribution in [2.75, 3.05) is 0 Å². The first-order chi connectivity index (χ1) is 12.9. The van der Waals surface area contributed by atoms with Crippen LogP contribution in [-0.4, -0.2) is 11.7 Å². The zero-order valence-electron chi connectivity index (χ0n) is 14.3. The summed E-state index contributed by atoms with van der Waals surface area (Å²) in [6, 6.07) is 25.3. The van der Waals surface area contributed by atoms with Gasteiger partial charge in [0.2, 0.25) is 0 Å². The Kier molecular flexibility index (Phi) is 12.0. The van der Waals surface area contributed by atoms with E-state index in [0.29, 0.717) is 0 Å². The molecule has 0 heterocycles. The fourth-order valence-corrected chi connectivity index (χ4v) is 3.14. The quantitative estimate of drug-likeness (QED) is 0.300. The summed E-state index contributed by atoms with van der Waals surface area (Å²) in [5.74, 6) is 0. The van der Waals surface area contributed by atoms with Gasteiger partial charge in [-0.25, -0.2) is 4.90 Å². The van der Waals surface area contributed by atoms with E-state index < -0.39 is 11.7 Å². The fraction of sp³-hybridized carbons (Fsp3) is 0. The van der Waals surface area contributed by atoms with Gasteiger partial charge in [-0.3, -0.25) is 0 Å². The van der Waals surface area contributed by atoms with Gasteiger partial charge in [-0.2, -0.15) is 0 Å². The number of quaternary nitrogens is 1. The van der Waals surface area contributed by atoms with E-state index in [1.165, 1.54) is 22.0 Å². The Morgan fingerprint density at radius 3 is 0.828 bits per heavy atom. The molecular weight excluding hydrogens is 804 g/mol. The van der Waals surface area contributed by atoms with Gasteiger partial charge in [-0.15, -0.1) is 0 Å². The molecule has 0 aliphatic carbocycles. The van der Waals surface area contributed by atoms with Gasteiger partial charge in [0.1, 0.15) is 17.1 Å². The molecule has 0 saturated heterocycles. The first-order valence-electron chi connectivity index (χ1n) is 7.63. The van der Waals surface area contributed by atoms with E-state index in [1.807, 2.05) is 0 Å². The van der Waals surface area contributed by atoms with Crippen molar-refractivity contribution in [3.63, 3.8) is 0 Å². The molecule has 3 aromatic rings. The van der Waals surface area contributed by atoms with Gasteiger partial charge in [0.15, 0.2) is 0 Å². The average Bonchev–Trinajstić information content (AvgIpc) is 2.58. The summed E-state index contributed by atoms with van der Waals surface area (Å²) < 4.78 is 3.26. The Balaban J connectivity index is 0.000000529. The van der Waals surface area contributed by atoms with Crippen molar-refractivity contribution in [3.8, 4) is 0 Å². The van der Waals surface area contributed by atoms with E-state index in [0.717, 1.165) is 13.4 Å². The van der Waals surface area contributed by atoms with Gasteiger partial charge < -0.3 is 12.4 Å². The van der Waals surface area contributed by atoms with Gasteiger partial charge in [-0.05, 0) is 36.4 Å². The van der Waals surface area contributed by atoms with Crippen LogP contribution in [0.4, 0.5) is 17.1 Å². The predicted molar refractivity (Wildman–Crippen MR) is 137 cm³/mol. The van der Waals surface area contributed by atoms with Gasteiger partial charge in [0.05, 0.1) is 0 Å². The second-order valence-electron chi connectivity index (χ2n) is 5.53. The molecule has 158 valence electrons. The summed E-state index contributed by atoms with van der Waals surface area (Å²) >= 11 is 6.18. The van der Waals surface area contributed by atoms with E-state index in [1.54, 1.807) is 0 Å². The van der Waals surface area contributed by atoms with Crippen molar-refractivity contribution < 1.29 is 17.3 Å². The summed E-state index contributed by atoms with van der Waals surface area (Å²) in [5.41, 5.74) is 3.61. The second-order valence-corrected chi connectivity index (χ2v) is 46.2. The molecule has 1 N–H and O–H groups in total. The van der Waals surface area contributed by atoms with Crippen LogP contribution in [0.15, 0.2) is 86.2 Å². The Hall–Kier alpha value is 1.62. The van der Waals surface area contributed by atoms with Crippen LogP contribution in [0.3, 0.4) is 0 Å². The van der Waals surface area contributed by atoms with Crippen molar-refractivity contribution in [1.29, 1.82) is 0 Å². The summed E-state index contributed by atoms with van der Waals surface area (Å²) in [6.07, 6.45) is 0. The standard InChI is InChI=1S/C18H12Br3N.6ClH.Sb/c19-13-1-7-16(8-2-13)22(17-9-3-14(20)4-10-17)18-11-5-15(21)6-12-18;;;;;;;/h1-12H;6*1H;/q;;;;;;;+5/p-5. The van der Waals surface area contributed by atoms with Gasteiger partial charge in [-0.1, -0.05) is 47.8 Å². The maximum absolute atomic E-state index is 5.05. The van der Waals surface area contributed by atoms with Gasteiger partial charge >= 0.3 is 55.8 Å².